The van der Waals surface area contributed by atoms with Crippen LogP contribution in [0, 0.1) is 6.92 Å². The second-order valence-electron chi connectivity index (χ2n) is 4.91. The highest BCUT2D eigenvalue weighted by molar-refractivity contribution is 7.09. The van der Waals surface area contributed by atoms with E-state index in [1.165, 1.54) is 0 Å². The predicted molar refractivity (Wildman–Crippen MR) is 88.3 cm³/mol. The quantitative estimate of drug-likeness (QED) is 0.916. The average molecular weight is 340 g/mol. The zero-order valence-corrected chi connectivity index (χ0v) is 14.4. The van der Waals surface area contributed by atoms with Crippen LogP contribution >= 0.6 is 36.2 Å². The molecule has 1 atom stereocenters. The van der Waals surface area contributed by atoms with Crippen LogP contribution in [0.15, 0.2) is 5.38 Å². The maximum absolute atomic E-state index is 12.0. The second-order valence-corrected chi connectivity index (χ2v) is 5.97. The summed E-state index contributed by atoms with van der Waals surface area (Å²) in [6.45, 7) is 6.74. The van der Waals surface area contributed by atoms with E-state index in [0.717, 1.165) is 43.2 Å². The van der Waals surface area contributed by atoms with Crippen LogP contribution in [0.5, 0.6) is 0 Å². The summed E-state index contributed by atoms with van der Waals surface area (Å²) in [5.74, 6) is 0.287. The van der Waals surface area contributed by atoms with Crippen molar-refractivity contribution in [3.63, 3.8) is 0 Å². The lowest BCUT2D eigenvalue weighted by atomic mass is 10.1. The van der Waals surface area contributed by atoms with E-state index >= 15 is 0 Å². The van der Waals surface area contributed by atoms with Gasteiger partial charge in [-0.25, -0.2) is 4.98 Å². The Hall–Kier alpha value is -0.360. The fraction of sp³-hybridized carbons (Fsp3) is 0.692. The lowest BCUT2D eigenvalue weighted by Gasteiger charge is -2.32. The molecule has 4 nitrogen and oxygen atoms in total. The number of carbonyl (C=O) groups excluding carboxylic acids is 1. The van der Waals surface area contributed by atoms with Gasteiger partial charge in [-0.1, -0.05) is 0 Å². The molecule has 1 saturated heterocycles. The monoisotopic (exact) mass is 339 g/mol. The number of hydrogen-bond acceptors (Lipinski definition) is 4. The molecule has 20 heavy (non-hydrogen) atoms. The fourth-order valence-electron chi connectivity index (χ4n) is 2.26. The van der Waals surface area contributed by atoms with Gasteiger partial charge in [0, 0.05) is 37.5 Å². The summed E-state index contributed by atoms with van der Waals surface area (Å²) in [7, 11) is 0. The molecule has 1 N–H and O–H groups in total. The van der Waals surface area contributed by atoms with E-state index in [1.807, 2.05) is 11.8 Å². The number of rotatable bonds is 4. The Labute approximate surface area is 137 Å². The maximum Gasteiger partial charge on any atom is 0.222 e. The fourth-order valence-corrected chi connectivity index (χ4v) is 2.91. The number of piperazine rings is 1. The summed E-state index contributed by atoms with van der Waals surface area (Å²) in [6, 6.07) is 0.420. The molecule has 0 saturated carbocycles. The van der Waals surface area contributed by atoms with Gasteiger partial charge in [0.25, 0.3) is 0 Å². The first-order valence-electron chi connectivity index (χ1n) is 6.57. The van der Waals surface area contributed by atoms with Crippen LogP contribution in [0.4, 0.5) is 0 Å². The van der Waals surface area contributed by atoms with Gasteiger partial charge in [-0.05, 0) is 26.7 Å². The van der Waals surface area contributed by atoms with Crippen molar-refractivity contribution in [2.24, 2.45) is 0 Å². The maximum atomic E-state index is 12.0. The number of carbonyl (C=O) groups is 1. The number of nitrogens with zero attached hydrogens (tertiary/aromatic N) is 2. The van der Waals surface area contributed by atoms with Crippen molar-refractivity contribution in [2.75, 3.05) is 19.6 Å². The molecule has 2 rings (SSSR count). The Kier molecular flexibility index (Phi) is 9.38. The molecule has 116 valence electrons. The first-order chi connectivity index (χ1) is 8.65. The molecule has 1 amide bonds. The molecule has 0 aliphatic carbocycles. The highest BCUT2D eigenvalue weighted by Gasteiger charge is 2.19. The van der Waals surface area contributed by atoms with Crippen LogP contribution in [-0.4, -0.2) is 41.5 Å². The molecular weight excluding hydrogens is 317 g/mol. The number of aryl methyl sites for hydroxylation is 2. The van der Waals surface area contributed by atoms with Crippen LogP contribution in [0.1, 0.15) is 30.5 Å². The number of hydrogen-bond donors (Lipinski definition) is 1. The van der Waals surface area contributed by atoms with Gasteiger partial charge in [0.1, 0.15) is 0 Å². The van der Waals surface area contributed by atoms with Gasteiger partial charge in [0.2, 0.25) is 5.91 Å². The second kappa shape index (κ2) is 9.55. The normalized spacial score (nSPS) is 18.1. The molecular formula is C13H23Cl2N3OS. The van der Waals surface area contributed by atoms with Gasteiger partial charge in [-0.15, -0.1) is 36.2 Å². The summed E-state index contributed by atoms with van der Waals surface area (Å²) in [6.07, 6.45) is 2.46. The predicted octanol–water partition coefficient (Wildman–Crippen LogP) is 2.44. The number of aromatic nitrogens is 1. The summed E-state index contributed by atoms with van der Waals surface area (Å²) in [4.78, 5) is 18.4. The lowest BCUT2D eigenvalue weighted by molar-refractivity contribution is -0.132. The van der Waals surface area contributed by atoms with Crippen LogP contribution in [0.2, 0.25) is 0 Å². The molecule has 7 heteroatoms. The van der Waals surface area contributed by atoms with Crippen molar-refractivity contribution in [3.05, 3.63) is 16.1 Å². The van der Waals surface area contributed by atoms with E-state index < -0.39 is 0 Å². The third kappa shape index (κ3) is 5.95. The van der Waals surface area contributed by atoms with Crippen molar-refractivity contribution in [2.45, 2.75) is 39.2 Å². The Morgan fingerprint density at radius 3 is 2.90 bits per heavy atom. The highest BCUT2D eigenvalue weighted by atomic mass is 35.5. The van der Waals surface area contributed by atoms with Crippen LogP contribution < -0.4 is 5.32 Å². The standard InChI is InChI=1S/C13H21N3OS.2ClH/c1-10-8-16(7-6-14-10)13(17)5-3-4-12-9-18-11(2)15-12;;/h9-10,14H,3-8H2,1-2H3;2*1H. The largest absolute Gasteiger partial charge is 0.340 e. The highest BCUT2D eigenvalue weighted by Crippen LogP contribution is 2.11. The Morgan fingerprint density at radius 1 is 1.55 bits per heavy atom. The van der Waals surface area contributed by atoms with Crippen molar-refractivity contribution in [1.82, 2.24) is 15.2 Å². The summed E-state index contributed by atoms with van der Waals surface area (Å²) < 4.78 is 0. The summed E-state index contributed by atoms with van der Waals surface area (Å²) in [5.41, 5.74) is 1.12. The number of amides is 1. The van der Waals surface area contributed by atoms with Gasteiger partial charge < -0.3 is 10.2 Å². The molecule has 1 unspecified atom stereocenters. The van der Waals surface area contributed by atoms with Gasteiger partial charge in [-0.2, -0.15) is 0 Å². The third-order valence-corrected chi connectivity index (χ3v) is 4.03. The van der Waals surface area contributed by atoms with Gasteiger partial charge in [0.15, 0.2) is 0 Å². The molecule has 1 fully saturated rings. The molecule has 0 radical (unpaired) electrons. The van der Waals surface area contributed by atoms with E-state index in [-0.39, 0.29) is 30.7 Å². The SMILES string of the molecule is Cc1nc(CCCC(=O)N2CCNC(C)C2)cs1.Cl.Cl. The molecule has 0 bridgehead atoms. The van der Waals surface area contributed by atoms with Crippen LogP contribution in [0.3, 0.4) is 0 Å². The average Bonchev–Trinajstić information content (AvgIpc) is 2.75. The smallest absolute Gasteiger partial charge is 0.222 e. The first kappa shape index (κ1) is 19.6. The topological polar surface area (TPSA) is 45.2 Å². The molecule has 0 spiro atoms. The Balaban J connectivity index is 0.00000180. The van der Waals surface area contributed by atoms with Crippen molar-refractivity contribution >= 4 is 42.1 Å². The molecule has 0 aromatic carbocycles. The van der Waals surface area contributed by atoms with Gasteiger partial charge in [0.05, 0.1) is 10.7 Å². The number of nitrogens with one attached hydrogen (secondary N) is 1. The zero-order valence-electron chi connectivity index (χ0n) is 11.9. The Morgan fingerprint density at radius 2 is 2.30 bits per heavy atom. The molecule has 1 aliphatic heterocycles. The van der Waals surface area contributed by atoms with Crippen molar-refractivity contribution < 1.29 is 4.79 Å². The van der Waals surface area contributed by atoms with Gasteiger partial charge >= 0.3 is 0 Å². The summed E-state index contributed by atoms with van der Waals surface area (Å²) >= 11 is 1.68. The van der Waals surface area contributed by atoms with Crippen molar-refractivity contribution in [1.29, 1.82) is 0 Å². The summed E-state index contributed by atoms with van der Waals surface area (Å²) in [5, 5.41) is 6.54. The number of thiazole rings is 1. The molecule has 1 aliphatic rings. The van der Waals surface area contributed by atoms with E-state index in [0.29, 0.717) is 12.5 Å². The zero-order chi connectivity index (χ0) is 13.0. The van der Waals surface area contributed by atoms with E-state index in [2.05, 4.69) is 22.6 Å². The minimum absolute atomic E-state index is 0. The van der Waals surface area contributed by atoms with E-state index in [1.54, 1.807) is 11.3 Å². The third-order valence-electron chi connectivity index (χ3n) is 3.21. The van der Waals surface area contributed by atoms with Crippen LogP contribution in [-0.2, 0) is 11.2 Å². The molecule has 2 heterocycles. The minimum Gasteiger partial charge on any atom is -0.340 e. The van der Waals surface area contributed by atoms with E-state index in [4.69, 9.17) is 0 Å². The Bertz CT molecular complexity index is 414. The van der Waals surface area contributed by atoms with Crippen molar-refractivity contribution in [3.8, 4) is 0 Å². The number of halogens is 2. The van der Waals surface area contributed by atoms with Gasteiger partial charge in [-0.3, -0.25) is 4.79 Å². The van der Waals surface area contributed by atoms with Crippen LogP contribution in [0.25, 0.3) is 0 Å². The minimum atomic E-state index is 0. The molecule has 1 aromatic rings. The van der Waals surface area contributed by atoms with E-state index in [9.17, 15) is 4.79 Å². The first-order valence-corrected chi connectivity index (χ1v) is 7.45. The lowest BCUT2D eigenvalue weighted by Crippen LogP contribution is -2.51. The molecule has 1 aromatic heterocycles.